The molecule has 0 bridgehead atoms. The van der Waals surface area contributed by atoms with Gasteiger partial charge in [0.1, 0.15) is 5.58 Å². The second-order valence-corrected chi connectivity index (χ2v) is 6.76. The maximum absolute atomic E-state index is 12.5. The Kier molecular flexibility index (Phi) is 5.18. The summed E-state index contributed by atoms with van der Waals surface area (Å²) in [5, 5.41) is 1.08. The lowest BCUT2D eigenvalue weighted by molar-refractivity contribution is -0.134. The number of amides is 1. The van der Waals surface area contributed by atoms with Crippen molar-refractivity contribution in [1.29, 1.82) is 0 Å². The Balaban J connectivity index is 1.57. The molecule has 0 unspecified atom stereocenters. The molecule has 0 radical (unpaired) electrons. The van der Waals surface area contributed by atoms with Crippen LogP contribution in [0.4, 0.5) is 0 Å². The van der Waals surface area contributed by atoms with E-state index in [0.29, 0.717) is 39.3 Å². The van der Waals surface area contributed by atoms with Crippen molar-refractivity contribution in [2.24, 2.45) is 5.73 Å². The zero-order chi connectivity index (χ0) is 18.6. The number of morpholine rings is 1. The molecule has 6 nitrogen and oxygen atoms in total. The van der Waals surface area contributed by atoms with Crippen LogP contribution in [0, 0.1) is 0 Å². The van der Waals surface area contributed by atoms with Crippen LogP contribution in [0.3, 0.4) is 0 Å². The zero-order valence-electron chi connectivity index (χ0n) is 15.2. The number of pyridine rings is 1. The van der Waals surface area contributed by atoms with E-state index in [1.54, 1.807) is 12.5 Å². The summed E-state index contributed by atoms with van der Waals surface area (Å²) >= 11 is 0. The summed E-state index contributed by atoms with van der Waals surface area (Å²) < 4.78 is 10.9. The molecule has 2 aromatic heterocycles. The number of benzene rings is 1. The van der Waals surface area contributed by atoms with E-state index in [4.69, 9.17) is 14.9 Å². The predicted octanol–water partition coefficient (Wildman–Crippen LogP) is 2.40. The molecule has 1 aliphatic rings. The summed E-state index contributed by atoms with van der Waals surface area (Å²) in [6.07, 6.45) is 6.50. The molecule has 140 valence electrons. The lowest BCUT2D eigenvalue weighted by Gasteiger charge is -2.26. The van der Waals surface area contributed by atoms with Crippen LogP contribution >= 0.6 is 0 Å². The molecule has 4 rings (SSSR count). The van der Waals surface area contributed by atoms with Crippen molar-refractivity contribution in [3.63, 3.8) is 0 Å². The number of nitrogens with two attached hydrogens (primary N) is 1. The molecule has 0 atom stereocenters. The van der Waals surface area contributed by atoms with Gasteiger partial charge in [-0.25, -0.2) is 0 Å². The summed E-state index contributed by atoms with van der Waals surface area (Å²) in [6, 6.07) is 8.13. The SMILES string of the molecule is NCCc1coc2ccc(-c3cncc(CC(=O)N4CCOCC4)c3)cc12. The van der Waals surface area contributed by atoms with Crippen molar-refractivity contribution in [3.05, 3.63) is 54.0 Å². The van der Waals surface area contributed by atoms with Crippen LogP contribution in [0.15, 0.2) is 47.3 Å². The first kappa shape index (κ1) is 17.7. The smallest absolute Gasteiger partial charge is 0.227 e. The summed E-state index contributed by atoms with van der Waals surface area (Å²) in [7, 11) is 0. The highest BCUT2D eigenvalue weighted by molar-refractivity contribution is 5.86. The Morgan fingerprint density at radius 3 is 2.81 bits per heavy atom. The molecule has 1 aliphatic heterocycles. The third kappa shape index (κ3) is 3.86. The predicted molar refractivity (Wildman–Crippen MR) is 103 cm³/mol. The minimum absolute atomic E-state index is 0.118. The number of hydrogen-bond acceptors (Lipinski definition) is 5. The molecule has 1 aromatic carbocycles. The molecule has 1 fully saturated rings. The van der Waals surface area contributed by atoms with Gasteiger partial charge in [-0.05, 0) is 47.9 Å². The van der Waals surface area contributed by atoms with Crippen molar-refractivity contribution < 1.29 is 13.9 Å². The Morgan fingerprint density at radius 1 is 1.15 bits per heavy atom. The van der Waals surface area contributed by atoms with E-state index >= 15 is 0 Å². The van der Waals surface area contributed by atoms with E-state index in [1.165, 1.54) is 0 Å². The summed E-state index contributed by atoms with van der Waals surface area (Å²) in [5.74, 6) is 0.118. The van der Waals surface area contributed by atoms with Crippen molar-refractivity contribution in [3.8, 4) is 11.1 Å². The molecule has 0 aliphatic carbocycles. The van der Waals surface area contributed by atoms with Crippen LogP contribution in [0.25, 0.3) is 22.1 Å². The molecule has 0 spiro atoms. The third-order valence-corrected chi connectivity index (χ3v) is 4.91. The van der Waals surface area contributed by atoms with Crippen LogP contribution in [-0.4, -0.2) is 48.6 Å². The highest BCUT2D eigenvalue weighted by Crippen LogP contribution is 2.28. The Labute approximate surface area is 157 Å². The average molecular weight is 365 g/mol. The van der Waals surface area contributed by atoms with Gasteiger partial charge in [-0.1, -0.05) is 6.07 Å². The fourth-order valence-corrected chi connectivity index (χ4v) is 3.45. The molecular formula is C21H23N3O3. The quantitative estimate of drug-likeness (QED) is 0.751. The molecule has 27 heavy (non-hydrogen) atoms. The van der Waals surface area contributed by atoms with Gasteiger partial charge in [-0.2, -0.15) is 0 Å². The zero-order valence-corrected chi connectivity index (χ0v) is 15.2. The van der Waals surface area contributed by atoms with Crippen LogP contribution in [-0.2, 0) is 22.4 Å². The highest BCUT2D eigenvalue weighted by Gasteiger charge is 2.17. The normalized spacial score (nSPS) is 14.6. The first-order valence-corrected chi connectivity index (χ1v) is 9.24. The van der Waals surface area contributed by atoms with E-state index in [1.807, 2.05) is 29.3 Å². The van der Waals surface area contributed by atoms with Crippen molar-refractivity contribution in [2.75, 3.05) is 32.8 Å². The largest absolute Gasteiger partial charge is 0.464 e. The number of fused-ring (bicyclic) bond motifs is 1. The van der Waals surface area contributed by atoms with E-state index in [2.05, 4.69) is 11.1 Å². The first-order chi connectivity index (χ1) is 13.2. The van der Waals surface area contributed by atoms with E-state index in [-0.39, 0.29) is 5.91 Å². The lowest BCUT2D eigenvalue weighted by atomic mass is 10.0. The molecule has 1 saturated heterocycles. The first-order valence-electron chi connectivity index (χ1n) is 9.24. The van der Waals surface area contributed by atoms with Gasteiger partial charge in [-0.15, -0.1) is 0 Å². The number of furan rings is 1. The molecule has 1 amide bonds. The standard InChI is InChI=1S/C21H23N3O3/c22-4-3-17-14-27-20-2-1-16(11-19(17)20)18-9-15(12-23-13-18)10-21(25)24-5-7-26-8-6-24/h1-2,9,11-14H,3-8,10,22H2. The van der Waals surface area contributed by atoms with Crippen LogP contribution in [0.2, 0.25) is 0 Å². The number of carbonyl (C=O) groups excluding carboxylic acids is 1. The second kappa shape index (κ2) is 7.90. The van der Waals surface area contributed by atoms with Gasteiger partial charge in [0.15, 0.2) is 0 Å². The summed E-state index contributed by atoms with van der Waals surface area (Å²) in [5.41, 5.74) is 10.6. The second-order valence-electron chi connectivity index (χ2n) is 6.76. The molecule has 3 aromatic rings. The fraction of sp³-hybridized carbons (Fsp3) is 0.333. The Bertz CT molecular complexity index is 945. The number of ether oxygens (including phenoxy) is 1. The number of rotatable bonds is 5. The Morgan fingerprint density at radius 2 is 2.00 bits per heavy atom. The molecule has 6 heteroatoms. The Hall–Kier alpha value is -2.70. The minimum Gasteiger partial charge on any atom is -0.464 e. The molecular weight excluding hydrogens is 342 g/mol. The van der Waals surface area contributed by atoms with Gasteiger partial charge in [0.2, 0.25) is 5.91 Å². The number of carbonyl (C=O) groups is 1. The number of aromatic nitrogens is 1. The summed E-state index contributed by atoms with van der Waals surface area (Å²) in [4.78, 5) is 18.7. The van der Waals surface area contributed by atoms with E-state index in [0.717, 1.165) is 39.6 Å². The monoisotopic (exact) mass is 365 g/mol. The number of nitrogens with zero attached hydrogens (tertiary/aromatic N) is 2. The van der Waals surface area contributed by atoms with Crippen LogP contribution in [0.5, 0.6) is 0 Å². The highest BCUT2D eigenvalue weighted by atomic mass is 16.5. The maximum Gasteiger partial charge on any atom is 0.227 e. The van der Waals surface area contributed by atoms with Gasteiger partial charge in [-0.3, -0.25) is 9.78 Å². The van der Waals surface area contributed by atoms with Gasteiger partial charge in [0.05, 0.1) is 25.9 Å². The van der Waals surface area contributed by atoms with Crippen LogP contribution in [0.1, 0.15) is 11.1 Å². The van der Waals surface area contributed by atoms with Crippen molar-refractivity contribution >= 4 is 16.9 Å². The minimum atomic E-state index is 0.118. The van der Waals surface area contributed by atoms with Crippen molar-refractivity contribution in [2.45, 2.75) is 12.8 Å². The lowest BCUT2D eigenvalue weighted by Crippen LogP contribution is -2.41. The van der Waals surface area contributed by atoms with Crippen LogP contribution < -0.4 is 5.73 Å². The fourth-order valence-electron chi connectivity index (χ4n) is 3.45. The topological polar surface area (TPSA) is 81.6 Å². The third-order valence-electron chi connectivity index (χ3n) is 4.91. The van der Waals surface area contributed by atoms with Gasteiger partial charge in [0, 0.05) is 36.4 Å². The summed E-state index contributed by atoms with van der Waals surface area (Å²) in [6.45, 7) is 3.12. The number of hydrogen-bond donors (Lipinski definition) is 1. The molecule has 2 N–H and O–H groups in total. The van der Waals surface area contributed by atoms with E-state index < -0.39 is 0 Å². The van der Waals surface area contributed by atoms with E-state index in [9.17, 15) is 4.79 Å². The van der Waals surface area contributed by atoms with Gasteiger partial charge in [0.25, 0.3) is 0 Å². The maximum atomic E-state index is 12.5. The molecule has 3 heterocycles. The molecule has 0 saturated carbocycles. The average Bonchev–Trinajstić information content (AvgIpc) is 3.11. The van der Waals surface area contributed by atoms with Crippen molar-refractivity contribution in [1.82, 2.24) is 9.88 Å². The van der Waals surface area contributed by atoms with Gasteiger partial charge >= 0.3 is 0 Å². The van der Waals surface area contributed by atoms with Gasteiger partial charge < -0.3 is 19.8 Å².